The monoisotopic (exact) mass is 300 g/mol. The van der Waals surface area contributed by atoms with E-state index >= 15 is 0 Å². The van der Waals surface area contributed by atoms with Crippen molar-refractivity contribution in [3.63, 3.8) is 0 Å². The second-order valence-electron chi connectivity index (χ2n) is 3.57. The Labute approximate surface area is 108 Å². The molecule has 1 unspecified atom stereocenters. The number of rotatable bonds is 2. The summed E-state index contributed by atoms with van der Waals surface area (Å²) in [5.74, 6) is 1.89. The van der Waals surface area contributed by atoms with Crippen LogP contribution in [-0.2, 0) is 0 Å². The van der Waals surface area contributed by atoms with E-state index in [-0.39, 0.29) is 0 Å². The molecule has 1 N–H and O–H groups in total. The van der Waals surface area contributed by atoms with Gasteiger partial charge in [0.15, 0.2) is 5.17 Å². The van der Waals surface area contributed by atoms with Crippen LogP contribution in [-0.4, -0.2) is 24.1 Å². The molecule has 86 valence electrons. The van der Waals surface area contributed by atoms with Crippen LogP contribution >= 0.6 is 27.7 Å². The second-order valence-corrected chi connectivity index (χ2v) is 5.43. The Hall–Kier alpha value is -0.680. The van der Waals surface area contributed by atoms with Crippen molar-refractivity contribution in [1.29, 1.82) is 0 Å². The molecule has 1 aliphatic heterocycles. The largest absolute Gasteiger partial charge is 0.496 e. The van der Waals surface area contributed by atoms with Crippen LogP contribution in [0.1, 0.15) is 6.92 Å². The Morgan fingerprint density at radius 3 is 2.94 bits per heavy atom. The molecule has 0 saturated heterocycles. The lowest BCUT2D eigenvalue weighted by molar-refractivity contribution is 0.412. The number of nitrogens with one attached hydrogen (secondary N) is 1. The van der Waals surface area contributed by atoms with Crippen molar-refractivity contribution in [3.8, 4) is 5.75 Å². The summed E-state index contributed by atoms with van der Waals surface area (Å²) < 4.78 is 6.12. The van der Waals surface area contributed by atoms with Crippen LogP contribution in [0.3, 0.4) is 0 Å². The molecule has 2 rings (SSSR count). The minimum Gasteiger partial charge on any atom is -0.496 e. The zero-order valence-corrected chi connectivity index (χ0v) is 11.6. The van der Waals surface area contributed by atoms with Gasteiger partial charge in [0.1, 0.15) is 5.75 Å². The van der Waals surface area contributed by atoms with E-state index in [2.05, 4.69) is 33.2 Å². The smallest absolute Gasteiger partial charge is 0.161 e. The van der Waals surface area contributed by atoms with Gasteiger partial charge in [-0.3, -0.25) is 4.99 Å². The average molecular weight is 301 g/mol. The highest BCUT2D eigenvalue weighted by atomic mass is 79.9. The van der Waals surface area contributed by atoms with Crippen molar-refractivity contribution in [2.24, 2.45) is 4.99 Å². The molecule has 1 aromatic carbocycles. The molecule has 0 radical (unpaired) electrons. The summed E-state index contributed by atoms with van der Waals surface area (Å²) in [5, 5.41) is 4.28. The van der Waals surface area contributed by atoms with Gasteiger partial charge in [-0.15, -0.1) is 0 Å². The van der Waals surface area contributed by atoms with E-state index < -0.39 is 0 Å². The minimum atomic E-state index is 0.411. The Balaban J connectivity index is 2.11. The maximum atomic E-state index is 5.18. The fraction of sp³-hybridized carbons (Fsp3) is 0.364. The topological polar surface area (TPSA) is 33.6 Å². The number of methoxy groups -OCH3 is 1. The predicted octanol–water partition coefficient (Wildman–Crippen LogP) is 3.36. The fourth-order valence-electron chi connectivity index (χ4n) is 1.41. The maximum Gasteiger partial charge on any atom is 0.161 e. The molecule has 0 saturated carbocycles. The van der Waals surface area contributed by atoms with Crippen LogP contribution in [0.4, 0.5) is 5.69 Å². The molecule has 3 nitrogen and oxygen atoms in total. The molecular weight excluding hydrogens is 288 g/mol. The zero-order valence-electron chi connectivity index (χ0n) is 9.16. The number of aliphatic imine (C=N–C) groups is 1. The van der Waals surface area contributed by atoms with E-state index in [0.717, 1.165) is 26.8 Å². The number of thioether (sulfide) groups is 1. The van der Waals surface area contributed by atoms with Crippen LogP contribution in [0.15, 0.2) is 27.7 Å². The third-order valence-electron chi connectivity index (χ3n) is 2.20. The van der Waals surface area contributed by atoms with E-state index in [1.807, 2.05) is 18.2 Å². The zero-order chi connectivity index (χ0) is 11.5. The quantitative estimate of drug-likeness (QED) is 0.909. The van der Waals surface area contributed by atoms with Crippen LogP contribution in [0, 0.1) is 0 Å². The third kappa shape index (κ3) is 2.71. The number of halogens is 1. The Kier molecular flexibility index (Phi) is 3.76. The van der Waals surface area contributed by atoms with Gasteiger partial charge in [-0.2, -0.15) is 0 Å². The van der Waals surface area contributed by atoms with Gasteiger partial charge in [-0.25, -0.2) is 0 Å². The first-order chi connectivity index (χ1) is 7.69. The molecule has 1 aliphatic rings. The molecule has 1 heterocycles. The van der Waals surface area contributed by atoms with Crippen molar-refractivity contribution in [2.75, 3.05) is 18.2 Å². The van der Waals surface area contributed by atoms with E-state index in [1.165, 1.54) is 0 Å². The molecule has 1 atom stereocenters. The highest BCUT2D eigenvalue weighted by Crippen LogP contribution is 2.29. The van der Waals surface area contributed by atoms with Gasteiger partial charge in [0, 0.05) is 11.4 Å². The first-order valence-corrected chi connectivity index (χ1v) is 6.78. The van der Waals surface area contributed by atoms with Crippen molar-refractivity contribution in [2.45, 2.75) is 13.0 Å². The lowest BCUT2D eigenvalue weighted by atomic mass is 10.3. The maximum absolute atomic E-state index is 5.18. The highest BCUT2D eigenvalue weighted by molar-refractivity contribution is 9.10. The van der Waals surface area contributed by atoms with Crippen LogP contribution < -0.4 is 10.1 Å². The Morgan fingerprint density at radius 2 is 2.38 bits per heavy atom. The Bertz CT molecular complexity index is 422. The highest BCUT2D eigenvalue weighted by Gasteiger charge is 2.14. The van der Waals surface area contributed by atoms with Crippen LogP contribution in [0.5, 0.6) is 5.75 Å². The summed E-state index contributed by atoms with van der Waals surface area (Å²) >= 11 is 5.21. The molecule has 0 bridgehead atoms. The lowest BCUT2D eigenvalue weighted by Gasteiger charge is -2.08. The molecule has 0 aromatic heterocycles. The number of ether oxygens (including phenoxy) is 1. The summed E-state index contributed by atoms with van der Waals surface area (Å²) in [6.45, 7) is 2.12. The average Bonchev–Trinajstić information content (AvgIpc) is 2.64. The van der Waals surface area contributed by atoms with Crippen molar-refractivity contribution >= 4 is 38.5 Å². The molecule has 16 heavy (non-hydrogen) atoms. The van der Waals surface area contributed by atoms with Crippen molar-refractivity contribution in [3.05, 3.63) is 22.7 Å². The normalized spacial score (nSPS) is 19.4. The number of nitrogens with zero attached hydrogens (tertiary/aromatic N) is 1. The van der Waals surface area contributed by atoms with Gasteiger partial charge in [-0.05, 0) is 41.1 Å². The summed E-state index contributed by atoms with van der Waals surface area (Å²) in [5.41, 5.74) is 1.02. The van der Waals surface area contributed by atoms with E-state index in [4.69, 9.17) is 4.74 Å². The number of hydrogen-bond acceptors (Lipinski definition) is 4. The van der Waals surface area contributed by atoms with Gasteiger partial charge in [-0.1, -0.05) is 11.8 Å². The van der Waals surface area contributed by atoms with Gasteiger partial charge in [0.05, 0.1) is 17.6 Å². The summed E-state index contributed by atoms with van der Waals surface area (Å²) in [7, 11) is 1.66. The predicted molar refractivity (Wildman–Crippen MR) is 73.7 cm³/mol. The van der Waals surface area contributed by atoms with E-state index in [1.54, 1.807) is 18.9 Å². The summed E-state index contributed by atoms with van der Waals surface area (Å²) in [4.78, 5) is 4.48. The number of amidine groups is 1. The molecule has 0 fully saturated rings. The van der Waals surface area contributed by atoms with E-state index in [9.17, 15) is 0 Å². The van der Waals surface area contributed by atoms with E-state index in [0.29, 0.717) is 6.04 Å². The van der Waals surface area contributed by atoms with Crippen molar-refractivity contribution in [1.82, 2.24) is 0 Å². The Morgan fingerprint density at radius 1 is 1.56 bits per heavy atom. The van der Waals surface area contributed by atoms with Gasteiger partial charge >= 0.3 is 0 Å². The number of hydrogen-bond donors (Lipinski definition) is 1. The first-order valence-electron chi connectivity index (χ1n) is 5.00. The lowest BCUT2D eigenvalue weighted by Crippen LogP contribution is -2.04. The van der Waals surface area contributed by atoms with Gasteiger partial charge in [0.2, 0.25) is 0 Å². The fourth-order valence-corrected chi connectivity index (χ4v) is 2.87. The van der Waals surface area contributed by atoms with Crippen molar-refractivity contribution < 1.29 is 4.74 Å². The molecule has 5 heteroatoms. The molecule has 1 aromatic rings. The van der Waals surface area contributed by atoms with Gasteiger partial charge in [0.25, 0.3) is 0 Å². The standard InChI is InChI=1S/C11H13BrN2OS/c1-7-6-16-11(13-7)14-8-3-4-10(15-2)9(12)5-8/h3-5,7H,6H2,1-2H3,(H,13,14). The minimum absolute atomic E-state index is 0.411. The third-order valence-corrected chi connectivity index (χ3v) is 3.95. The number of anilines is 1. The van der Waals surface area contributed by atoms with Gasteiger partial charge < -0.3 is 10.1 Å². The SMILES string of the molecule is COc1ccc(NC2=NC(C)CS2)cc1Br. The molecule has 0 amide bonds. The van der Waals surface area contributed by atoms with Crippen LogP contribution in [0.2, 0.25) is 0 Å². The number of benzene rings is 1. The van der Waals surface area contributed by atoms with Crippen LogP contribution in [0.25, 0.3) is 0 Å². The second kappa shape index (κ2) is 5.10. The molecule has 0 spiro atoms. The first kappa shape index (κ1) is 11.8. The molecular formula is C11H13BrN2OS. The summed E-state index contributed by atoms with van der Waals surface area (Å²) in [6.07, 6.45) is 0. The molecule has 0 aliphatic carbocycles. The summed E-state index contributed by atoms with van der Waals surface area (Å²) in [6, 6.07) is 6.31.